The topological polar surface area (TPSA) is 85.8 Å². The average Bonchev–Trinajstić information content (AvgIpc) is 2.88. The van der Waals surface area contributed by atoms with E-state index in [2.05, 4.69) is 20.2 Å². The van der Waals surface area contributed by atoms with Crippen molar-refractivity contribution in [1.29, 1.82) is 0 Å². The second kappa shape index (κ2) is 10.7. The highest BCUT2D eigenvalue weighted by Crippen LogP contribution is 2.27. The van der Waals surface area contributed by atoms with Gasteiger partial charge in [0.15, 0.2) is 0 Å². The van der Waals surface area contributed by atoms with E-state index in [-0.39, 0.29) is 11.8 Å². The lowest BCUT2D eigenvalue weighted by molar-refractivity contribution is -0.125. The van der Waals surface area contributed by atoms with Crippen LogP contribution in [0.4, 0.5) is 5.82 Å². The smallest absolute Gasteiger partial charge is 0.224 e. The Morgan fingerprint density at radius 3 is 2.52 bits per heavy atom. The lowest BCUT2D eigenvalue weighted by atomic mass is 9.96. The molecule has 1 aliphatic heterocycles. The third kappa shape index (κ3) is 5.71. The average molecular weight is 449 g/mol. The second-order valence-electron chi connectivity index (χ2n) is 7.79. The van der Waals surface area contributed by atoms with E-state index in [1.54, 1.807) is 14.2 Å². The van der Waals surface area contributed by atoms with Crippen LogP contribution in [0.5, 0.6) is 23.1 Å². The summed E-state index contributed by atoms with van der Waals surface area (Å²) in [5, 5.41) is 3.05. The van der Waals surface area contributed by atoms with Gasteiger partial charge in [-0.25, -0.2) is 9.97 Å². The van der Waals surface area contributed by atoms with Crippen molar-refractivity contribution in [2.45, 2.75) is 19.4 Å². The molecule has 0 unspecified atom stereocenters. The van der Waals surface area contributed by atoms with Gasteiger partial charge in [0, 0.05) is 43.2 Å². The van der Waals surface area contributed by atoms with Crippen LogP contribution in [0.1, 0.15) is 18.4 Å². The van der Waals surface area contributed by atoms with Gasteiger partial charge in [-0.3, -0.25) is 4.79 Å². The summed E-state index contributed by atoms with van der Waals surface area (Å²) in [5.41, 5.74) is 0.913. The number of hydrogen-bond acceptors (Lipinski definition) is 7. The Balaban J connectivity index is 1.30. The standard InChI is InChI=1S/C25H28N4O4/c1-31-21-9-8-19(22(14-21)32-2)16-26-25(30)18-10-12-29(13-11-18)23-15-24(28-17-27-23)33-20-6-4-3-5-7-20/h3-9,14-15,17-18H,10-13,16H2,1-2H3,(H,26,30). The van der Waals surface area contributed by atoms with Crippen LogP contribution in [0.15, 0.2) is 60.9 Å². The number of piperidine rings is 1. The molecule has 1 aromatic heterocycles. The van der Waals surface area contributed by atoms with Crippen LogP contribution in [-0.4, -0.2) is 43.2 Å². The number of aromatic nitrogens is 2. The number of para-hydroxylation sites is 1. The molecule has 0 saturated carbocycles. The van der Waals surface area contributed by atoms with Crippen molar-refractivity contribution in [2.24, 2.45) is 5.92 Å². The van der Waals surface area contributed by atoms with Gasteiger partial charge < -0.3 is 24.4 Å². The Bertz CT molecular complexity index is 1070. The summed E-state index contributed by atoms with van der Waals surface area (Å²) in [4.78, 5) is 23.5. The number of anilines is 1. The molecule has 3 aromatic rings. The molecular weight excluding hydrogens is 420 g/mol. The lowest BCUT2D eigenvalue weighted by Crippen LogP contribution is -2.40. The summed E-state index contributed by atoms with van der Waals surface area (Å²) in [7, 11) is 3.22. The fraction of sp³-hybridized carbons (Fsp3) is 0.320. The third-order valence-corrected chi connectivity index (χ3v) is 5.73. The van der Waals surface area contributed by atoms with Gasteiger partial charge in [-0.1, -0.05) is 18.2 Å². The van der Waals surface area contributed by atoms with Gasteiger partial charge >= 0.3 is 0 Å². The van der Waals surface area contributed by atoms with Gasteiger partial charge in [-0.05, 0) is 37.1 Å². The number of amides is 1. The molecule has 0 radical (unpaired) electrons. The Hall–Kier alpha value is -3.81. The van der Waals surface area contributed by atoms with Crippen molar-refractivity contribution in [3.63, 3.8) is 0 Å². The van der Waals surface area contributed by atoms with Crippen molar-refractivity contribution < 1.29 is 19.0 Å². The number of hydrogen-bond donors (Lipinski definition) is 1. The van der Waals surface area contributed by atoms with E-state index in [0.717, 1.165) is 48.8 Å². The quantitative estimate of drug-likeness (QED) is 0.561. The predicted molar refractivity (Wildman–Crippen MR) is 125 cm³/mol. The molecule has 2 aromatic carbocycles. The highest BCUT2D eigenvalue weighted by Gasteiger charge is 2.26. The van der Waals surface area contributed by atoms with Crippen molar-refractivity contribution in [3.8, 4) is 23.1 Å². The van der Waals surface area contributed by atoms with Crippen molar-refractivity contribution in [3.05, 3.63) is 66.5 Å². The van der Waals surface area contributed by atoms with Crippen LogP contribution in [0, 0.1) is 5.92 Å². The number of carbonyl (C=O) groups excluding carboxylic acids is 1. The zero-order valence-corrected chi connectivity index (χ0v) is 18.9. The molecule has 8 nitrogen and oxygen atoms in total. The minimum atomic E-state index is -0.0348. The van der Waals surface area contributed by atoms with Gasteiger partial charge in [0.25, 0.3) is 0 Å². The van der Waals surface area contributed by atoms with E-state index in [1.165, 1.54) is 6.33 Å². The molecule has 0 atom stereocenters. The largest absolute Gasteiger partial charge is 0.497 e. The molecule has 4 rings (SSSR count). The van der Waals surface area contributed by atoms with Crippen LogP contribution in [0.25, 0.3) is 0 Å². The number of carbonyl (C=O) groups is 1. The highest BCUT2D eigenvalue weighted by molar-refractivity contribution is 5.79. The lowest BCUT2D eigenvalue weighted by Gasteiger charge is -2.32. The van der Waals surface area contributed by atoms with Crippen molar-refractivity contribution >= 4 is 11.7 Å². The molecule has 0 spiro atoms. The zero-order valence-electron chi connectivity index (χ0n) is 18.9. The van der Waals surface area contributed by atoms with Crippen LogP contribution >= 0.6 is 0 Å². The normalized spacial score (nSPS) is 13.9. The monoisotopic (exact) mass is 448 g/mol. The molecule has 1 saturated heterocycles. The Labute approximate surface area is 193 Å². The molecule has 33 heavy (non-hydrogen) atoms. The van der Waals surface area contributed by atoms with E-state index < -0.39 is 0 Å². The fourth-order valence-corrected chi connectivity index (χ4v) is 3.86. The first-order valence-corrected chi connectivity index (χ1v) is 10.9. The molecule has 0 bridgehead atoms. The predicted octanol–water partition coefficient (Wildman–Crippen LogP) is 3.82. The van der Waals surface area contributed by atoms with Gasteiger partial charge in [0.1, 0.15) is 29.4 Å². The van der Waals surface area contributed by atoms with Gasteiger partial charge in [-0.2, -0.15) is 0 Å². The SMILES string of the molecule is COc1ccc(CNC(=O)C2CCN(c3cc(Oc4ccccc4)ncn3)CC2)c(OC)c1. The Morgan fingerprint density at radius 2 is 1.79 bits per heavy atom. The maximum absolute atomic E-state index is 12.8. The second-order valence-corrected chi connectivity index (χ2v) is 7.79. The minimum absolute atomic E-state index is 0.0348. The summed E-state index contributed by atoms with van der Waals surface area (Å²) in [5.74, 6) is 3.47. The zero-order chi connectivity index (χ0) is 23.0. The molecule has 1 fully saturated rings. The van der Waals surface area contributed by atoms with Crippen LogP contribution in [0.3, 0.4) is 0 Å². The van der Waals surface area contributed by atoms with E-state index in [0.29, 0.717) is 18.2 Å². The molecule has 1 N–H and O–H groups in total. The molecule has 8 heteroatoms. The number of ether oxygens (including phenoxy) is 3. The van der Waals surface area contributed by atoms with Crippen molar-refractivity contribution in [2.75, 3.05) is 32.2 Å². The molecule has 172 valence electrons. The number of methoxy groups -OCH3 is 2. The first-order valence-electron chi connectivity index (χ1n) is 10.9. The first kappa shape index (κ1) is 22.4. The maximum atomic E-state index is 12.8. The molecule has 0 aliphatic carbocycles. The van der Waals surface area contributed by atoms with E-state index in [9.17, 15) is 4.79 Å². The molecular formula is C25H28N4O4. The number of nitrogens with zero attached hydrogens (tertiary/aromatic N) is 3. The molecule has 1 aliphatic rings. The van der Waals surface area contributed by atoms with Crippen LogP contribution in [0.2, 0.25) is 0 Å². The van der Waals surface area contributed by atoms with Crippen molar-refractivity contribution in [1.82, 2.24) is 15.3 Å². The summed E-state index contributed by atoms with van der Waals surface area (Å²) < 4.78 is 16.5. The highest BCUT2D eigenvalue weighted by atomic mass is 16.5. The summed E-state index contributed by atoms with van der Waals surface area (Å²) in [6.07, 6.45) is 3.02. The Morgan fingerprint density at radius 1 is 1.00 bits per heavy atom. The summed E-state index contributed by atoms with van der Waals surface area (Å²) in [6.45, 7) is 1.90. The van der Waals surface area contributed by atoms with Crippen LogP contribution in [-0.2, 0) is 11.3 Å². The summed E-state index contributed by atoms with van der Waals surface area (Å²) >= 11 is 0. The van der Waals surface area contributed by atoms with Gasteiger partial charge in [0.05, 0.1) is 14.2 Å². The first-order chi connectivity index (χ1) is 16.2. The third-order valence-electron chi connectivity index (χ3n) is 5.73. The fourth-order valence-electron chi connectivity index (χ4n) is 3.86. The molecule has 1 amide bonds. The van der Waals surface area contributed by atoms with Gasteiger partial charge in [0.2, 0.25) is 11.8 Å². The number of nitrogens with one attached hydrogen (secondary N) is 1. The van der Waals surface area contributed by atoms with E-state index >= 15 is 0 Å². The number of benzene rings is 2. The van der Waals surface area contributed by atoms with Crippen LogP contribution < -0.4 is 24.4 Å². The van der Waals surface area contributed by atoms with E-state index in [4.69, 9.17) is 14.2 Å². The van der Waals surface area contributed by atoms with Gasteiger partial charge in [-0.15, -0.1) is 0 Å². The minimum Gasteiger partial charge on any atom is -0.497 e. The maximum Gasteiger partial charge on any atom is 0.224 e. The summed E-state index contributed by atoms with van der Waals surface area (Å²) in [6, 6.07) is 17.0. The van der Waals surface area contributed by atoms with E-state index in [1.807, 2.05) is 54.6 Å². The molecule has 2 heterocycles. The number of rotatable bonds is 8. The Kier molecular flexibility index (Phi) is 7.24.